The fourth-order valence-electron chi connectivity index (χ4n) is 5.96. The van der Waals surface area contributed by atoms with E-state index in [1.54, 1.807) is 16.7 Å². The van der Waals surface area contributed by atoms with Gasteiger partial charge in [0.05, 0.1) is 0 Å². The van der Waals surface area contributed by atoms with Crippen molar-refractivity contribution in [2.24, 2.45) is 17.3 Å². The van der Waals surface area contributed by atoms with Crippen LogP contribution in [0.2, 0.25) is 0 Å². The van der Waals surface area contributed by atoms with Crippen LogP contribution in [0.3, 0.4) is 0 Å². The highest BCUT2D eigenvalue weighted by molar-refractivity contribution is 5.40. The maximum atomic E-state index is 4.43. The number of rotatable bonds is 0. The van der Waals surface area contributed by atoms with Crippen molar-refractivity contribution in [3.63, 3.8) is 0 Å². The minimum absolute atomic E-state index is 0.264. The minimum atomic E-state index is 0.264. The van der Waals surface area contributed by atoms with Gasteiger partial charge in [-0.1, -0.05) is 58.0 Å². The van der Waals surface area contributed by atoms with Crippen LogP contribution < -0.4 is 0 Å². The molecular formula is C23H32. The highest BCUT2D eigenvalue weighted by atomic mass is 14.6. The van der Waals surface area contributed by atoms with E-state index < -0.39 is 0 Å². The summed E-state index contributed by atoms with van der Waals surface area (Å²) in [5.41, 5.74) is 7.11. The molecule has 1 aromatic rings. The van der Waals surface area contributed by atoms with Crippen LogP contribution in [0.25, 0.3) is 0 Å². The van der Waals surface area contributed by atoms with Gasteiger partial charge >= 0.3 is 0 Å². The Kier molecular flexibility index (Phi) is 3.35. The number of benzene rings is 1. The van der Waals surface area contributed by atoms with Crippen molar-refractivity contribution in [1.82, 2.24) is 0 Å². The Bertz CT molecular complexity index is 644. The van der Waals surface area contributed by atoms with Crippen LogP contribution >= 0.6 is 0 Å². The summed E-state index contributed by atoms with van der Waals surface area (Å²) < 4.78 is 0. The second-order valence-corrected chi connectivity index (χ2v) is 9.68. The molecule has 1 aromatic carbocycles. The van der Waals surface area contributed by atoms with E-state index >= 15 is 0 Å². The lowest BCUT2D eigenvalue weighted by molar-refractivity contribution is 0.0816. The van der Waals surface area contributed by atoms with Gasteiger partial charge in [-0.05, 0) is 83.8 Å². The Morgan fingerprint density at radius 1 is 1.09 bits per heavy atom. The Morgan fingerprint density at radius 2 is 1.87 bits per heavy atom. The molecule has 0 heteroatoms. The SMILES string of the molecule is C=C1CC[C@H]2[C@@H]3CCc4cc(C(C)(C)C)ccc4[C@H]3CC[C@]12C. The number of aryl methyl sites for hydroxylation is 1. The lowest BCUT2D eigenvalue weighted by Gasteiger charge is -2.49. The molecule has 3 aliphatic rings. The second kappa shape index (κ2) is 4.98. The standard InChI is InChI=1S/C23H32/c1-15-6-11-21-20-9-7-16-14-17(22(2,3)4)8-10-18(16)19(20)12-13-23(15,21)5/h8,10,14,19-21H,1,6-7,9,11-13H2,2-5H3/t19-,20-,21+,23-/m1/s1. The zero-order valence-corrected chi connectivity index (χ0v) is 15.4. The van der Waals surface area contributed by atoms with Crippen molar-refractivity contribution in [3.8, 4) is 0 Å². The fourth-order valence-corrected chi connectivity index (χ4v) is 5.96. The summed E-state index contributed by atoms with van der Waals surface area (Å²) in [6.45, 7) is 13.9. The fraction of sp³-hybridized carbons (Fsp3) is 0.652. The molecule has 23 heavy (non-hydrogen) atoms. The monoisotopic (exact) mass is 308 g/mol. The lowest BCUT2D eigenvalue weighted by atomic mass is 9.55. The van der Waals surface area contributed by atoms with Crippen LogP contribution in [0.15, 0.2) is 30.4 Å². The summed E-state index contributed by atoms with van der Waals surface area (Å²) >= 11 is 0. The van der Waals surface area contributed by atoms with Crippen LogP contribution in [-0.2, 0) is 11.8 Å². The summed E-state index contributed by atoms with van der Waals surface area (Å²) in [6, 6.07) is 7.41. The van der Waals surface area contributed by atoms with E-state index in [2.05, 4.69) is 52.5 Å². The summed E-state index contributed by atoms with van der Waals surface area (Å²) in [5, 5.41) is 0. The maximum absolute atomic E-state index is 4.43. The van der Waals surface area contributed by atoms with Gasteiger partial charge < -0.3 is 0 Å². The molecule has 0 aromatic heterocycles. The second-order valence-electron chi connectivity index (χ2n) is 9.68. The Balaban J connectivity index is 1.69. The first-order valence-electron chi connectivity index (χ1n) is 9.62. The van der Waals surface area contributed by atoms with Gasteiger partial charge in [0.1, 0.15) is 0 Å². The first kappa shape index (κ1) is 15.5. The van der Waals surface area contributed by atoms with Crippen molar-refractivity contribution in [1.29, 1.82) is 0 Å². The van der Waals surface area contributed by atoms with Crippen LogP contribution in [0.1, 0.15) is 82.4 Å². The largest absolute Gasteiger partial charge is 0.0993 e. The number of hydrogen-bond donors (Lipinski definition) is 0. The third kappa shape index (κ3) is 2.24. The molecule has 0 unspecified atom stereocenters. The van der Waals surface area contributed by atoms with Gasteiger partial charge in [0, 0.05) is 0 Å². The maximum Gasteiger partial charge on any atom is -0.00876 e. The summed E-state index contributed by atoms with van der Waals surface area (Å²) in [7, 11) is 0. The van der Waals surface area contributed by atoms with Gasteiger partial charge in [0.25, 0.3) is 0 Å². The molecule has 0 spiro atoms. The van der Waals surface area contributed by atoms with Gasteiger partial charge in [-0.3, -0.25) is 0 Å². The Morgan fingerprint density at radius 3 is 2.61 bits per heavy atom. The average Bonchev–Trinajstić information content (AvgIpc) is 2.81. The molecule has 0 nitrogen and oxygen atoms in total. The molecule has 4 atom stereocenters. The van der Waals surface area contributed by atoms with Crippen molar-refractivity contribution in [2.75, 3.05) is 0 Å². The first-order chi connectivity index (χ1) is 10.8. The number of fused-ring (bicyclic) bond motifs is 5. The number of hydrogen-bond acceptors (Lipinski definition) is 0. The van der Waals surface area contributed by atoms with E-state index in [0.717, 1.165) is 17.8 Å². The quantitative estimate of drug-likeness (QED) is 0.487. The van der Waals surface area contributed by atoms with E-state index in [1.807, 2.05) is 0 Å². The molecule has 124 valence electrons. The minimum Gasteiger partial charge on any atom is -0.0993 e. The van der Waals surface area contributed by atoms with Crippen LogP contribution in [0, 0.1) is 17.3 Å². The molecule has 0 aliphatic heterocycles. The van der Waals surface area contributed by atoms with Gasteiger partial charge in [0.2, 0.25) is 0 Å². The van der Waals surface area contributed by atoms with Crippen molar-refractivity contribution >= 4 is 0 Å². The van der Waals surface area contributed by atoms with Crippen LogP contribution in [0.4, 0.5) is 0 Å². The predicted molar refractivity (Wildman–Crippen MR) is 98.9 cm³/mol. The van der Waals surface area contributed by atoms with Gasteiger partial charge in [-0.2, -0.15) is 0 Å². The molecule has 2 fully saturated rings. The third-order valence-electron chi connectivity index (χ3n) is 7.55. The van der Waals surface area contributed by atoms with Crippen LogP contribution in [0.5, 0.6) is 0 Å². The first-order valence-corrected chi connectivity index (χ1v) is 9.62. The molecule has 0 radical (unpaired) electrons. The smallest absolute Gasteiger partial charge is 0.00876 e. The molecule has 0 saturated heterocycles. The molecule has 0 heterocycles. The highest BCUT2D eigenvalue weighted by Crippen LogP contribution is 2.62. The van der Waals surface area contributed by atoms with Gasteiger partial charge in [-0.25, -0.2) is 0 Å². The van der Waals surface area contributed by atoms with E-state index in [-0.39, 0.29) is 5.41 Å². The van der Waals surface area contributed by atoms with E-state index in [1.165, 1.54) is 44.1 Å². The summed E-state index contributed by atoms with van der Waals surface area (Å²) in [5.74, 6) is 2.61. The average molecular weight is 309 g/mol. The summed E-state index contributed by atoms with van der Waals surface area (Å²) in [6.07, 6.45) is 8.10. The lowest BCUT2D eigenvalue weighted by Crippen LogP contribution is -2.40. The third-order valence-corrected chi connectivity index (χ3v) is 7.55. The predicted octanol–water partition coefficient (Wildman–Crippen LogP) is 6.40. The molecule has 3 aliphatic carbocycles. The zero-order chi connectivity index (χ0) is 16.4. The molecule has 0 N–H and O–H groups in total. The molecule has 0 bridgehead atoms. The van der Waals surface area contributed by atoms with Gasteiger partial charge in [0.15, 0.2) is 0 Å². The zero-order valence-electron chi connectivity index (χ0n) is 15.4. The molecule has 4 rings (SSSR count). The van der Waals surface area contributed by atoms with E-state index in [4.69, 9.17) is 0 Å². The van der Waals surface area contributed by atoms with Crippen molar-refractivity contribution < 1.29 is 0 Å². The van der Waals surface area contributed by atoms with E-state index in [0.29, 0.717) is 5.41 Å². The Hall–Kier alpha value is -1.04. The molecule has 0 amide bonds. The van der Waals surface area contributed by atoms with Crippen molar-refractivity contribution in [3.05, 3.63) is 47.0 Å². The van der Waals surface area contributed by atoms with Gasteiger partial charge in [-0.15, -0.1) is 0 Å². The van der Waals surface area contributed by atoms with E-state index in [9.17, 15) is 0 Å². The highest BCUT2D eigenvalue weighted by Gasteiger charge is 2.51. The summed E-state index contributed by atoms with van der Waals surface area (Å²) in [4.78, 5) is 0. The topological polar surface area (TPSA) is 0 Å². The molecular weight excluding hydrogens is 276 g/mol. The number of allylic oxidation sites excluding steroid dienone is 1. The van der Waals surface area contributed by atoms with Crippen molar-refractivity contribution in [2.45, 2.75) is 77.6 Å². The Labute approximate surface area is 142 Å². The van der Waals surface area contributed by atoms with Crippen LogP contribution in [-0.4, -0.2) is 0 Å². The normalized spacial score (nSPS) is 36.3. The molecule has 2 saturated carbocycles.